The molecule has 0 unspecified atom stereocenters. The highest BCUT2D eigenvalue weighted by atomic mass is 35.5. The number of aliphatic carboxylic acids is 1. The molecule has 1 aromatic rings. The van der Waals surface area contributed by atoms with Gasteiger partial charge in [-0.25, -0.2) is 4.79 Å². The van der Waals surface area contributed by atoms with Crippen molar-refractivity contribution in [1.29, 1.82) is 0 Å². The van der Waals surface area contributed by atoms with Gasteiger partial charge in [-0.1, -0.05) is 23.7 Å². The van der Waals surface area contributed by atoms with Crippen LogP contribution in [-0.4, -0.2) is 22.5 Å². The van der Waals surface area contributed by atoms with Crippen LogP contribution in [0.2, 0.25) is 5.02 Å². The number of halogens is 1. The number of carboxylic acids is 1. The molecule has 0 aliphatic rings. The zero-order valence-corrected chi connectivity index (χ0v) is 10.4. The van der Waals surface area contributed by atoms with E-state index < -0.39 is 11.5 Å². The lowest BCUT2D eigenvalue weighted by Crippen LogP contribution is -2.50. The largest absolute Gasteiger partial charge is 0.480 e. The molecule has 0 aromatic heterocycles. The van der Waals surface area contributed by atoms with E-state index in [0.717, 1.165) is 5.56 Å². The van der Waals surface area contributed by atoms with Gasteiger partial charge in [0.15, 0.2) is 0 Å². The van der Waals surface area contributed by atoms with Crippen LogP contribution in [0.25, 0.3) is 0 Å². The number of hydrogen-bond acceptors (Lipinski definition) is 2. The molecule has 4 nitrogen and oxygen atoms in total. The van der Waals surface area contributed by atoms with Gasteiger partial charge < -0.3 is 10.4 Å². The molecule has 1 amide bonds. The molecule has 0 spiro atoms. The summed E-state index contributed by atoms with van der Waals surface area (Å²) in [6.45, 7) is 2.87. The van der Waals surface area contributed by atoms with E-state index in [1.54, 1.807) is 24.3 Å². The first kappa shape index (κ1) is 13.5. The summed E-state index contributed by atoms with van der Waals surface area (Å²) in [5.74, 6) is -1.42. The predicted octanol–water partition coefficient (Wildman–Crippen LogP) is 1.86. The van der Waals surface area contributed by atoms with E-state index in [4.69, 9.17) is 16.7 Å². The summed E-state index contributed by atoms with van der Waals surface area (Å²) in [4.78, 5) is 22.5. The SMILES string of the molecule is CC(C)(NC(=O)Cc1cccc(Cl)c1)C(=O)O. The Kier molecular flexibility index (Phi) is 4.12. The summed E-state index contributed by atoms with van der Waals surface area (Å²) in [6.07, 6.45) is 0.108. The number of nitrogens with one attached hydrogen (secondary N) is 1. The van der Waals surface area contributed by atoms with Gasteiger partial charge in [-0.2, -0.15) is 0 Å². The van der Waals surface area contributed by atoms with E-state index in [1.807, 2.05) is 0 Å². The van der Waals surface area contributed by atoms with Gasteiger partial charge in [0.2, 0.25) is 5.91 Å². The standard InChI is InChI=1S/C12H14ClNO3/c1-12(2,11(16)17)14-10(15)7-8-4-3-5-9(13)6-8/h3-6H,7H2,1-2H3,(H,14,15)(H,16,17). The third-order valence-electron chi connectivity index (χ3n) is 2.24. The lowest BCUT2D eigenvalue weighted by molar-refractivity contribution is -0.145. The quantitative estimate of drug-likeness (QED) is 0.863. The highest BCUT2D eigenvalue weighted by molar-refractivity contribution is 6.30. The second-order valence-electron chi connectivity index (χ2n) is 4.29. The van der Waals surface area contributed by atoms with E-state index in [1.165, 1.54) is 13.8 Å². The van der Waals surface area contributed by atoms with Crippen molar-refractivity contribution in [2.45, 2.75) is 25.8 Å². The van der Waals surface area contributed by atoms with E-state index >= 15 is 0 Å². The van der Waals surface area contributed by atoms with Gasteiger partial charge in [0.05, 0.1) is 6.42 Å². The zero-order chi connectivity index (χ0) is 13.1. The van der Waals surface area contributed by atoms with Crippen LogP contribution < -0.4 is 5.32 Å². The molecule has 0 atom stereocenters. The Bertz CT molecular complexity index is 443. The number of benzene rings is 1. The highest BCUT2D eigenvalue weighted by Gasteiger charge is 2.28. The molecule has 0 bridgehead atoms. The fourth-order valence-electron chi connectivity index (χ4n) is 1.28. The Morgan fingerprint density at radius 3 is 2.59 bits per heavy atom. The molecule has 92 valence electrons. The number of hydrogen-bond donors (Lipinski definition) is 2. The second-order valence-corrected chi connectivity index (χ2v) is 4.72. The molecule has 0 heterocycles. The summed E-state index contributed by atoms with van der Waals surface area (Å²) in [7, 11) is 0. The molecule has 0 saturated heterocycles. The lowest BCUT2D eigenvalue weighted by Gasteiger charge is -2.20. The maximum Gasteiger partial charge on any atom is 0.328 e. The maximum atomic E-state index is 11.6. The fraction of sp³-hybridized carbons (Fsp3) is 0.333. The van der Waals surface area contributed by atoms with Gasteiger partial charge >= 0.3 is 5.97 Å². The van der Waals surface area contributed by atoms with Gasteiger partial charge in [-0.05, 0) is 31.5 Å². The van der Waals surface area contributed by atoms with Crippen molar-refractivity contribution in [3.8, 4) is 0 Å². The Labute approximate surface area is 105 Å². The third-order valence-corrected chi connectivity index (χ3v) is 2.48. The van der Waals surface area contributed by atoms with Crippen molar-refractivity contribution in [1.82, 2.24) is 5.32 Å². The molecular weight excluding hydrogens is 242 g/mol. The van der Waals surface area contributed by atoms with E-state index in [9.17, 15) is 9.59 Å². The minimum absolute atomic E-state index is 0.108. The summed E-state index contributed by atoms with van der Waals surface area (Å²) in [6, 6.07) is 6.89. The average Bonchev–Trinajstić information content (AvgIpc) is 2.15. The lowest BCUT2D eigenvalue weighted by atomic mass is 10.1. The van der Waals surface area contributed by atoms with Crippen molar-refractivity contribution in [2.75, 3.05) is 0 Å². The van der Waals surface area contributed by atoms with Crippen LogP contribution in [0.15, 0.2) is 24.3 Å². The molecule has 0 aliphatic carbocycles. The van der Waals surface area contributed by atoms with Gasteiger partial charge in [0.25, 0.3) is 0 Å². The number of carbonyl (C=O) groups excluding carboxylic acids is 1. The number of carbonyl (C=O) groups is 2. The van der Waals surface area contributed by atoms with Crippen LogP contribution in [0.5, 0.6) is 0 Å². The third kappa shape index (κ3) is 4.07. The molecule has 0 radical (unpaired) electrons. The summed E-state index contributed by atoms with van der Waals surface area (Å²) in [5.41, 5.74) is -0.522. The average molecular weight is 256 g/mol. The van der Waals surface area contributed by atoms with Crippen molar-refractivity contribution in [3.05, 3.63) is 34.9 Å². The normalized spacial score (nSPS) is 11.0. The number of rotatable bonds is 4. The smallest absolute Gasteiger partial charge is 0.328 e. The predicted molar refractivity (Wildman–Crippen MR) is 65.0 cm³/mol. The Hall–Kier alpha value is -1.55. The first-order chi connectivity index (χ1) is 7.81. The van der Waals surface area contributed by atoms with Crippen LogP contribution in [0.4, 0.5) is 0 Å². The Morgan fingerprint density at radius 1 is 1.41 bits per heavy atom. The van der Waals surface area contributed by atoms with Crippen LogP contribution in [0, 0.1) is 0 Å². The topological polar surface area (TPSA) is 66.4 Å². The minimum atomic E-state index is -1.27. The van der Waals surface area contributed by atoms with Crippen LogP contribution >= 0.6 is 11.6 Å². The van der Waals surface area contributed by atoms with Crippen molar-refractivity contribution < 1.29 is 14.7 Å². The van der Waals surface area contributed by atoms with Gasteiger partial charge in [-0.15, -0.1) is 0 Å². The second kappa shape index (κ2) is 5.19. The monoisotopic (exact) mass is 255 g/mol. The fourth-order valence-corrected chi connectivity index (χ4v) is 1.49. The summed E-state index contributed by atoms with van der Waals surface area (Å²) >= 11 is 5.79. The van der Waals surface area contributed by atoms with Gasteiger partial charge in [0, 0.05) is 5.02 Å². The summed E-state index contributed by atoms with van der Waals surface area (Å²) in [5, 5.41) is 11.9. The van der Waals surface area contributed by atoms with E-state index in [0.29, 0.717) is 5.02 Å². The molecule has 0 saturated carbocycles. The van der Waals surface area contributed by atoms with Crippen molar-refractivity contribution in [3.63, 3.8) is 0 Å². The molecule has 0 aliphatic heterocycles. The van der Waals surface area contributed by atoms with E-state index in [-0.39, 0.29) is 12.3 Å². The van der Waals surface area contributed by atoms with Crippen LogP contribution in [0.3, 0.4) is 0 Å². The highest BCUT2D eigenvalue weighted by Crippen LogP contribution is 2.11. The minimum Gasteiger partial charge on any atom is -0.480 e. The molecule has 1 aromatic carbocycles. The zero-order valence-electron chi connectivity index (χ0n) is 9.66. The Morgan fingerprint density at radius 2 is 2.06 bits per heavy atom. The van der Waals surface area contributed by atoms with Crippen LogP contribution in [0.1, 0.15) is 19.4 Å². The Balaban J connectivity index is 2.65. The number of amides is 1. The molecular formula is C12H14ClNO3. The first-order valence-electron chi connectivity index (χ1n) is 5.10. The van der Waals surface area contributed by atoms with Gasteiger partial charge in [-0.3, -0.25) is 4.79 Å². The van der Waals surface area contributed by atoms with Crippen LogP contribution in [-0.2, 0) is 16.0 Å². The number of carboxylic acid groups (broad SMARTS) is 1. The summed E-state index contributed by atoms with van der Waals surface area (Å²) < 4.78 is 0. The molecule has 5 heteroatoms. The maximum absolute atomic E-state index is 11.6. The van der Waals surface area contributed by atoms with Crippen molar-refractivity contribution >= 4 is 23.5 Å². The van der Waals surface area contributed by atoms with E-state index in [2.05, 4.69) is 5.32 Å². The molecule has 1 rings (SSSR count). The van der Waals surface area contributed by atoms with Crippen molar-refractivity contribution in [2.24, 2.45) is 0 Å². The van der Waals surface area contributed by atoms with Gasteiger partial charge in [0.1, 0.15) is 5.54 Å². The first-order valence-corrected chi connectivity index (χ1v) is 5.48. The molecule has 0 fully saturated rings. The molecule has 2 N–H and O–H groups in total. The molecule has 17 heavy (non-hydrogen) atoms.